The summed E-state index contributed by atoms with van der Waals surface area (Å²) in [6.45, 7) is 0.151. The molecule has 0 bridgehead atoms. The highest BCUT2D eigenvalue weighted by atomic mass is 16.6. The monoisotopic (exact) mass is 340 g/mol. The summed E-state index contributed by atoms with van der Waals surface area (Å²) >= 11 is 0. The van der Waals surface area contributed by atoms with Gasteiger partial charge in [-0.25, -0.2) is 0 Å². The molecule has 0 N–H and O–H groups in total. The van der Waals surface area contributed by atoms with Crippen LogP contribution < -0.4 is 0 Å². The highest BCUT2D eigenvalue weighted by Gasteiger charge is 2.09. The summed E-state index contributed by atoms with van der Waals surface area (Å²) in [5.41, 5.74) is 1.24. The van der Waals surface area contributed by atoms with Crippen molar-refractivity contribution in [2.45, 2.75) is 12.8 Å². The number of rotatable bonds is 8. The molecule has 2 aromatic rings. The van der Waals surface area contributed by atoms with E-state index in [0.717, 1.165) is 5.69 Å². The van der Waals surface area contributed by atoms with Gasteiger partial charge in [0.2, 0.25) is 0 Å². The summed E-state index contributed by atoms with van der Waals surface area (Å²) in [5.74, 6) is -1.06. The van der Waals surface area contributed by atoms with Crippen molar-refractivity contribution in [2.75, 3.05) is 6.61 Å². The van der Waals surface area contributed by atoms with Crippen LogP contribution in [0.1, 0.15) is 17.7 Å². The molecule has 1 aromatic carbocycles. The normalized spacial score (nSPS) is 10.6. The number of ketones is 1. The summed E-state index contributed by atoms with van der Waals surface area (Å²) in [6.07, 6.45) is 4.38. The van der Waals surface area contributed by atoms with E-state index < -0.39 is 16.7 Å². The number of nitrogens with zero attached hydrogens (tertiary/aromatic N) is 2. The molecular formula is C18H16N2O5. The third-order valence-corrected chi connectivity index (χ3v) is 3.21. The summed E-state index contributed by atoms with van der Waals surface area (Å²) in [4.78, 5) is 37.6. The van der Waals surface area contributed by atoms with Crippen LogP contribution in [0.2, 0.25) is 0 Å². The highest BCUT2D eigenvalue weighted by Crippen LogP contribution is 2.14. The van der Waals surface area contributed by atoms with Crippen molar-refractivity contribution in [2.24, 2.45) is 0 Å². The number of nitro benzene ring substituents is 1. The van der Waals surface area contributed by atoms with Crippen molar-refractivity contribution in [3.8, 4) is 0 Å². The van der Waals surface area contributed by atoms with Gasteiger partial charge in [-0.2, -0.15) is 0 Å². The number of esters is 1. The molecule has 0 saturated heterocycles. The van der Waals surface area contributed by atoms with E-state index >= 15 is 0 Å². The van der Waals surface area contributed by atoms with Gasteiger partial charge in [0.25, 0.3) is 5.69 Å². The zero-order chi connectivity index (χ0) is 18.1. The van der Waals surface area contributed by atoms with E-state index in [9.17, 15) is 19.7 Å². The second-order valence-corrected chi connectivity index (χ2v) is 5.12. The number of carbonyl (C=O) groups is 2. The first-order valence-corrected chi connectivity index (χ1v) is 7.55. The average molecular weight is 340 g/mol. The number of allylic oxidation sites excluding steroid dienone is 1. The summed E-state index contributed by atoms with van der Waals surface area (Å²) in [5, 5.41) is 10.7. The maximum atomic E-state index is 11.7. The fourth-order valence-electron chi connectivity index (χ4n) is 2.00. The minimum atomic E-state index is -0.621. The number of ether oxygens (including phenoxy) is 1. The third kappa shape index (κ3) is 6.34. The van der Waals surface area contributed by atoms with Crippen molar-refractivity contribution < 1.29 is 19.2 Å². The van der Waals surface area contributed by atoms with Gasteiger partial charge in [0.05, 0.1) is 11.5 Å². The molecule has 0 radical (unpaired) electrons. The molecule has 7 heteroatoms. The van der Waals surface area contributed by atoms with Crippen LogP contribution in [0, 0.1) is 10.1 Å². The molecule has 1 aromatic heterocycles. The molecule has 0 aliphatic rings. The van der Waals surface area contributed by atoms with Crippen LogP contribution in [0.4, 0.5) is 5.69 Å². The number of pyridine rings is 1. The topological polar surface area (TPSA) is 99.4 Å². The molecule has 0 atom stereocenters. The van der Waals surface area contributed by atoms with Crippen molar-refractivity contribution in [1.29, 1.82) is 0 Å². The first-order chi connectivity index (χ1) is 12.0. The maximum Gasteiger partial charge on any atom is 0.313 e. The number of carbonyl (C=O) groups excluding carboxylic acids is 2. The van der Waals surface area contributed by atoms with Crippen LogP contribution in [-0.2, 0) is 20.7 Å². The highest BCUT2D eigenvalue weighted by molar-refractivity contribution is 6.03. The smallest absolute Gasteiger partial charge is 0.313 e. The first-order valence-electron chi connectivity index (χ1n) is 7.55. The van der Waals surface area contributed by atoms with Crippen LogP contribution in [0.25, 0.3) is 6.08 Å². The lowest BCUT2D eigenvalue weighted by atomic mass is 10.1. The largest absolute Gasteiger partial charge is 0.465 e. The molecule has 0 aliphatic heterocycles. The number of aromatic nitrogens is 1. The van der Waals surface area contributed by atoms with Crippen molar-refractivity contribution in [3.05, 3.63) is 76.1 Å². The van der Waals surface area contributed by atoms with Gasteiger partial charge in [0.1, 0.15) is 6.42 Å². The number of benzene rings is 1. The SMILES string of the molecule is O=C(C=Cc1cccc([N+](=O)[O-])c1)CC(=O)OCCc1ccccn1. The molecule has 2 rings (SSSR count). The van der Waals surface area contributed by atoms with E-state index in [1.807, 2.05) is 12.1 Å². The van der Waals surface area contributed by atoms with Crippen LogP contribution in [0.3, 0.4) is 0 Å². The Hall–Kier alpha value is -3.35. The second-order valence-electron chi connectivity index (χ2n) is 5.12. The zero-order valence-electron chi connectivity index (χ0n) is 13.3. The molecular weight excluding hydrogens is 324 g/mol. The van der Waals surface area contributed by atoms with Crippen molar-refractivity contribution in [1.82, 2.24) is 4.98 Å². The first kappa shape index (κ1) is 18.0. The fourth-order valence-corrected chi connectivity index (χ4v) is 2.00. The van der Waals surface area contributed by atoms with Gasteiger partial charge in [0.15, 0.2) is 5.78 Å². The quantitative estimate of drug-likeness (QED) is 0.241. The Bertz CT molecular complexity index is 787. The lowest BCUT2D eigenvalue weighted by molar-refractivity contribution is -0.384. The Labute approximate surface area is 144 Å². The predicted octanol–water partition coefficient (Wildman–Crippen LogP) is 2.75. The van der Waals surface area contributed by atoms with Gasteiger partial charge in [-0.15, -0.1) is 0 Å². The number of nitro groups is 1. The molecule has 0 amide bonds. The molecule has 0 fully saturated rings. The van der Waals surface area contributed by atoms with Crippen LogP contribution in [0.15, 0.2) is 54.7 Å². The standard InChI is InChI=1S/C18H16N2O5/c21-17(8-7-14-4-3-6-16(12-14)20(23)24)13-18(22)25-11-9-15-5-1-2-10-19-15/h1-8,10,12H,9,11,13H2. The molecule has 7 nitrogen and oxygen atoms in total. The molecule has 25 heavy (non-hydrogen) atoms. The summed E-state index contributed by atoms with van der Waals surface area (Å²) in [7, 11) is 0. The van der Waals surface area contributed by atoms with Crippen LogP contribution in [0.5, 0.6) is 0 Å². The number of non-ortho nitro benzene ring substituents is 1. The third-order valence-electron chi connectivity index (χ3n) is 3.21. The number of hydrogen-bond acceptors (Lipinski definition) is 6. The average Bonchev–Trinajstić information content (AvgIpc) is 2.61. The summed E-state index contributed by atoms with van der Waals surface area (Å²) in [6, 6.07) is 11.3. The maximum absolute atomic E-state index is 11.7. The molecule has 128 valence electrons. The Morgan fingerprint density at radius 1 is 1.20 bits per heavy atom. The lowest BCUT2D eigenvalue weighted by Crippen LogP contribution is -2.12. The van der Waals surface area contributed by atoms with Gasteiger partial charge in [-0.1, -0.05) is 24.3 Å². The van der Waals surface area contributed by atoms with E-state index in [4.69, 9.17) is 4.74 Å². The second kappa shape index (κ2) is 9.07. The predicted molar refractivity (Wildman–Crippen MR) is 90.7 cm³/mol. The van der Waals surface area contributed by atoms with Gasteiger partial charge in [-0.05, 0) is 23.8 Å². The van der Waals surface area contributed by atoms with Crippen LogP contribution in [-0.4, -0.2) is 28.3 Å². The summed E-state index contributed by atoms with van der Waals surface area (Å²) < 4.78 is 5.00. The van der Waals surface area contributed by atoms with Crippen molar-refractivity contribution in [3.63, 3.8) is 0 Å². The molecule has 0 saturated carbocycles. The molecule has 0 spiro atoms. The minimum absolute atomic E-state index is 0.0662. The number of hydrogen-bond donors (Lipinski definition) is 0. The van der Waals surface area contributed by atoms with E-state index in [0.29, 0.717) is 12.0 Å². The Morgan fingerprint density at radius 2 is 2.04 bits per heavy atom. The van der Waals surface area contributed by atoms with Gasteiger partial charge in [0, 0.05) is 30.4 Å². The Kier molecular flexibility index (Phi) is 6.53. The van der Waals surface area contributed by atoms with E-state index in [1.165, 1.54) is 30.4 Å². The van der Waals surface area contributed by atoms with Gasteiger partial charge < -0.3 is 4.74 Å². The molecule has 0 aliphatic carbocycles. The Balaban J connectivity index is 1.78. The van der Waals surface area contributed by atoms with Gasteiger partial charge >= 0.3 is 5.97 Å². The van der Waals surface area contributed by atoms with E-state index in [1.54, 1.807) is 18.3 Å². The van der Waals surface area contributed by atoms with Gasteiger partial charge in [-0.3, -0.25) is 24.7 Å². The minimum Gasteiger partial charge on any atom is -0.465 e. The lowest BCUT2D eigenvalue weighted by Gasteiger charge is -2.03. The molecule has 0 unspecified atom stereocenters. The molecule has 1 heterocycles. The zero-order valence-corrected chi connectivity index (χ0v) is 13.3. The Morgan fingerprint density at radius 3 is 2.76 bits per heavy atom. The van der Waals surface area contributed by atoms with E-state index in [2.05, 4.69) is 4.98 Å². The van der Waals surface area contributed by atoms with Crippen molar-refractivity contribution >= 4 is 23.5 Å². The van der Waals surface area contributed by atoms with E-state index in [-0.39, 0.29) is 18.7 Å². The fraction of sp³-hybridized carbons (Fsp3) is 0.167. The van der Waals surface area contributed by atoms with Crippen LogP contribution >= 0.6 is 0 Å².